The van der Waals surface area contributed by atoms with Gasteiger partial charge >= 0.3 is 0 Å². The fourth-order valence-corrected chi connectivity index (χ4v) is 2.88. The molecule has 3 aromatic rings. The molecular weight excluding hydrogens is 366 g/mol. The number of anilines is 2. The first kappa shape index (κ1) is 20.1. The predicted molar refractivity (Wildman–Crippen MR) is 114 cm³/mol. The molecule has 6 nitrogen and oxygen atoms in total. The summed E-state index contributed by atoms with van der Waals surface area (Å²) < 4.78 is 5.40. The van der Waals surface area contributed by atoms with E-state index in [2.05, 4.69) is 10.3 Å². The standard InChI is InChI=1S/C23H23N3O3/c1-3-26(19-8-6-5-7-9-19)23(28)21-16-17(14-15-24-21)22(27)25-18-10-12-20(13-11-18)29-4-2/h5-16H,3-4H2,1-2H3,(H,25,27). The topological polar surface area (TPSA) is 71.5 Å². The molecule has 6 heteroatoms. The molecule has 0 aliphatic carbocycles. The van der Waals surface area contributed by atoms with E-state index < -0.39 is 0 Å². The van der Waals surface area contributed by atoms with Crippen LogP contribution < -0.4 is 15.0 Å². The molecule has 29 heavy (non-hydrogen) atoms. The van der Waals surface area contributed by atoms with Crippen LogP contribution >= 0.6 is 0 Å². The third-order valence-corrected chi connectivity index (χ3v) is 4.29. The second-order valence-electron chi connectivity index (χ2n) is 6.23. The normalized spacial score (nSPS) is 10.3. The van der Waals surface area contributed by atoms with E-state index in [1.807, 2.05) is 44.2 Å². The monoisotopic (exact) mass is 389 g/mol. The number of ether oxygens (including phenoxy) is 1. The third kappa shape index (κ3) is 4.99. The number of para-hydroxylation sites is 1. The summed E-state index contributed by atoms with van der Waals surface area (Å²) in [4.78, 5) is 31.3. The van der Waals surface area contributed by atoms with Crippen LogP contribution in [0.3, 0.4) is 0 Å². The summed E-state index contributed by atoms with van der Waals surface area (Å²) in [6.07, 6.45) is 1.47. The lowest BCUT2D eigenvalue weighted by Crippen LogP contribution is -2.31. The molecule has 1 aromatic heterocycles. The molecule has 0 aliphatic heterocycles. The average Bonchev–Trinajstić information content (AvgIpc) is 2.76. The lowest BCUT2D eigenvalue weighted by atomic mass is 10.2. The van der Waals surface area contributed by atoms with Gasteiger partial charge in [-0.3, -0.25) is 14.6 Å². The van der Waals surface area contributed by atoms with Crippen molar-refractivity contribution in [2.45, 2.75) is 13.8 Å². The van der Waals surface area contributed by atoms with Crippen molar-refractivity contribution in [1.29, 1.82) is 0 Å². The van der Waals surface area contributed by atoms with E-state index >= 15 is 0 Å². The summed E-state index contributed by atoms with van der Waals surface area (Å²) in [5.74, 6) is 0.172. The van der Waals surface area contributed by atoms with Crippen molar-refractivity contribution in [1.82, 2.24) is 4.98 Å². The van der Waals surface area contributed by atoms with Crippen LogP contribution in [0.25, 0.3) is 0 Å². The minimum Gasteiger partial charge on any atom is -0.494 e. The van der Waals surface area contributed by atoms with Crippen molar-refractivity contribution in [2.75, 3.05) is 23.4 Å². The number of carbonyl (C=O) groups is 2. The number of aromatic nitrogens is 1. The largest absolute Gasteiger partial charge is 0.494 e. The molecule has 1 N–H and O–H groups in total. The van der Waals surface area contributed by atoms with E-state index in [9.17, 15) is 9.59 Å². The fourth-order valence-electron chi connectivity index (χ4n) is 2.88. The lowest BCUT2D eigenvalue weighted by molar-refractivity contribution is 0.0983. The molecule has 2 aromatic carbocycles. The second-order valence-corrected chi connectivity index (χ2v) is 6.23. The van der Waals surface area contributed by atoms with Gasteiger partial charge in [-0.25, -0.2) is 0 Å². The van der Waals surface area contributed by atoms with Gasteiger partial charge in [0.2, 0.25) is 0 Å². The van der Waals surface area contributed by atoms with E-state index in [1.54, 1.807) is 35.2 Å². The molecule has 0 radical (unpaired) electrons. The Morgan fingerprint density at radius 3 is 2.38 bits per heavy atom. The number of hydrogen-bond donors (Lipinski definition) is 1. The predicted octanol–water partition coefficient (Wildman–Crippen LogP) is 4.40. The minimum absolute atomic E-state index is 0.218. The van der Waals surface area contributed by atoms with Crippen molar-refractivity contribution in [3.8, 4) is 5.75 Å². The first-order chi connectivity index (χ1) is 14.1. The van der Waals surface area contributed by atoms with Crippen LogP contribution in [-0.4, -0.2) is 29.9 Å². The van der Waals surface area contributed by atoms with Gasteiger partial charge in [0.25, 0.3) is 11.8 Å². The van der Waals surface area contributed by atoms with Crippen LogP contribution in [0, 0.1) is 0 Å². The van der Waals surface area contributed by atoms with Crippen molar-refractivity contribution >= 4 is 23.2 Å². The maximum absolute atomic E-state index is 12.9. The number of hydrogen-bond acceptors (Lipinski definition) is 4. The van der Waals surface area contributed by atoms with Gasteiger partial charge in [-0.15, -0.1) is 0 Å². The summed E-state index contributed by atoms with van der Waals surface area (Å²) in [5.41, 5.74) is 2.00. The Balaban J connectivity index is 1.76. The van der Waals surface area contributed by atoms with Gasteiger partial charge in [-0.2, -0.15) is 0 Å². The van der Waals surface area contributed by atoms with Gasteiger partial charge in [0, 0.05) is 29.7 Å². The molecule has 2 amide bonds. The Morgan fingerprint density at radius 1 is 1.00 bits per heavy atom. The van der Waals surface area contributed by atoms with E-state index in [1.165, 1.54) is 12.3 Å². The quantitative estimate of drug-likeness (QED) is 0.650. The number of pyridine rings is 1. The molecule has 0 unspecified atom stereocenters. The number of amides is 2. The lowest BCUT2D eigenvalue weighted by Gasteiger charge is -2.20. The van der Waals surface area contributed by atoms with Crippen molar-refractivity contribution < 1.29 is 14.3 Å². The molecule has 0 saturated carbocycles. The highest BCUT2D eigenvalue weighted by Crippen LogP contribution is 2.18. The Bertz CT molecular complexity index is 972. The van der Waals surface area contributed by atoms with Crippen LogP contribution in [-0.2, 0) is 0 Å². The highest BCUT2D eigenvalue weighted by molar-refractivity contribution is 6.08. The zero-order valence-electron chi connectivity index (χ0n) is 16.5. The average molecular weight is 389 g/mol. The molecule has 0 atom stereocenters. The van der Waals surface area contributed by atoms with E-state index in [0.29, 0.717) is 24.4 Å². The number of nitrogens with one attached hydrogen (secondary N) is 1. The number of benzene rings is 2. The maximum atomic E-state index is 12.9. The Hall–Kier alpha value is -3.67. The van der Waals surface area contributed by atoms with Crippen molar-refractivity contribution in [3.05, 3.63) is 84.2 Å². The van der Waals surface area contributed by atoms with Gasteiger partial charge in [0.05, 0.1) is 6.61 Å². The van der Waals surface area contributed by atoms with Crippen molar-refractivity contribution in [3.63, 3.8) is 0 Å². The van der Waals surface area contributed by atoms with Crippen LogP contribution in [0.15, 0.2) is 72.9 Å². The SMILES string of the molecule is CCOc1ccc(NC(=O)c2ccnc(C(=O)N(CC)c3ccccc3)c2)cc1. The van der Waals surface area contributed by atoms with Gasteiger partial charge in [0.1, 0.15) is 11.4 Å². The Morgan fingerprint density at radius 2 is 1.72 bits per heavy atom. The first-order valence-corrected chi connectivity index (χ1v) is 9.49. The Kier molecular flexibility index (Phi) is 6.58. The van der Waals surface area contributed by atoms with E-state index in [-0.39, 0.29) is 17.5 Å². The first-order valence-electron chi connectivity index (χ1n) is 9.49. The van der Waals surface area contributed by atoms with E-state index in [0.717, 1.165) is 11.4 Å². The van der Waals surface area contributed by atoms with E-state index in [4.69, 9.17) is 4.74 Å². The zero-order chi connectivity index (χ0) is 20.6. The molecule has 0 fully saturated rings. The van der Waals surface area contributed by atoms with Crippen LogP contribution in [0.5, 0.6) is 5.75 Å². The number of carbonyl (C=O) groups excluding carboxylic acids is 2. The molecule has 1 heterocycles. The molecule has 0 spiro atoms. The van der Waals surface area contributed by atoms with Crippen LogP contribution in [0.1, 0.15) is 34.7 Å². The number of nitrogens with zero attached hydrogens (tertiary/aromatic N) is 2. The molecule has 0 bridgehead atoms. The number of rotatable bonds is 7. The summed E-state index contributed by atoms with van der Waals surface area (Å²) in [7, 11) is 0. The Labute approximate surface area is 170 Å². The van der Waals surface area contributed by atoms with Crippen LogP contribution in [0.4, 0.5) is 11.4 Å². The van der Waals surface area contributed by atoms with Gasteiger partial charge in [0.15, 0.2) is 0 Å². The van der Waals surface area contributed by atoms with Gasteiger partial charge in [-0.05, 0) is 62.4 Å². The second kappa shape index (κ2) is 9.50. The smallest absolute Gasteiger partial charge is 0.276 e. The third-order valence-electron chi connectivity index (χ3n) is 4.29. The molecule has 0 saturated heterocycles. The molecular formula is C23H23N3O3. The maximum Gasteiger partial charge on any atom is 0.276 e. The van der Waals surface area contributed by atoms with Crippen LogP contribution in [0.2, 0.25) is 0 Å². The highest BCUT2D eigenvalue weighted by Gasteiger charge is 2.19. The molecule has 0 aliphatic rings. The molecule has 3 rings (SSSR count). The molecule has 148 valence electrons. The summed E-state index contributed by atoms with van der Waals surface area (Å²) in [6, 6.07) is 19.6. The van der Waals surface area contributed by atoms with Gasteiger partial charge in [-0.1, -0.05) is 18.2 Å². The highest BCUT2D eigenvalue weighted by atomic mass is 16.5. The summed E-state index contributed by atoms with van der Waals surface area (Å²) in [5, 5.41) is 2.82. The van der Waals surface area contributed by atoms with Gasteiger partial charge < -0.3 is 15.0 Å². The summed E-state index contributed by atoms with van der Waals surface area (Å²) in [6.45, 7) is 4.88. The summed E-state index contributed by atoms with van der Waals surface area (Å²) >= 11 is 0. The fraction of sp³-hybridized carbons (Fsp3) is 0.174. The van der Waals surface area contributed by atoms with Crippen molar-refractivity contribution in [2.24, 2.45) is 0 Å². The minimum atomic E-state index is -0.312. The zero-order valence-corrected chi connectivity index (χ0v) is 16.5.